The Hall–Kier alpha value is -2.19. The van der Waals surface area contributed by atoms with Gasteiger partial charge in [0.15, 0.2) is 5.58 Å². The molecular formula is C19H10BrCl2N3O2S. The fourth-order valence-electron chi connectivity index (χ4n) is 2.50. The topological polar surface area (TPSA) is 67.5 Å². The molecule has 0 fully saturated rings. The van der Waals surface area contributed by atoms with Crippen LogP contribution in [0.5, 0.6) is 0 Å². The monoisotopic (exact) mass is 493 g/mol. The number of fused-ring (bicyclic) bond motifs is 1. The Bertz CT molecular complexity index is 1250. The van der Waals surface area contributed by atoms with Crippen molar-refractivity contribution in [3.63, 3.8) is 0 Å². The van der Waals surface area contributed by atoms with E-state index in [0.29, 0.717) is 32.4 Å². The summed E-state index contributed by atoms with van der Waals surface area (Å²) in [6, 6.07) is 12.6. The largest absolute Gasteiger partial charge is 0.421 e. The molecule has 2 heterocycles. The van der Waals surface area contributed by atoms with Crippen LogP contribution in [0.3, 0.4) is 0 Å². The number of thiazole rings is 1. The summed E-state index contributed by atoms with van der Waals surface area (Å²) in [4.78, 5) is 16.8. The maximum atomic E-state index is 12.4. The summed E-state index contributed by atoms with van der Waals surface area (Å²) in [5, 5.41) is 7.84. The van der Waals surface area contributed by atoms with Crippen molar-refractivity contribution in [3.05, 3.63) is 78.3 Å². The van der Waals surface area contributed by atoms with Gasteiger partial charge in [0.25, 0.3) is 0 Å². The molecule has 2 aromatic heterocycles. The highest BCUT2D eigenvalue weighted by molar-refractivity contribution is 9.10. The van der Waals surface area contributed by atoms with Gasteiger partial charge < -0.3 is 4.42 Å². The summed E-state index contributed by atoms with van der Waals surface area (Å²) in [6.07, 6.45) is 1.68. The summed E-state index contributed by atoms with van der Waals surface area (Å²) >= 11 is 16.8. The number of benzene rings is 2. The highest BCUT2D eigenvalue weighted by atomic mass is 79.9. The first kappa shape index (κ1) is 19.1. The normalized spacial score (nSPS) is 11.4. The van der Waals surface area contributed by atoms with Gasteiger partial charge in [-0.3, -0.25) is 5.43 Å². The van der Waals surface area contributed by atoms with E-state index in [9.17, 15) is 4.79 Å². The van der Waals surface area contributed by atoms with Gasteiger partial charge in [0, 0.05) is 20.3 Å². The third-order valence-corrected chi connectivity index (χ3v) is 5.55. The first-order valence-electron chi connectivity index (χ1n) is 7.93. The van der Waals surface area contributed by atoms with Crippen molar-refractivity contribution in [1.82, 2.24) is 4.98 Å². The highest BCUT2D eigenvalue weighted by Crippen LogP contribution is 2.30. The summed E-state index contributed by atoms with van der Waals surface area (Å²) in [7, 11) is 0. The Labute approximate surface area is 181 Å². The van der Waals surface area contributed by atoms with Crippen LogP contribution >= 0.6 is 50.5 Å². The summed E-state index contributed by atoms with van der Waals surface area (Å²) in [5.74, 6) is 0. The van der Waals surface area contributed by atoms with Gasteiger partial charge in [-0.05, 0) is 35.9 Å². The Kier molecular flexibility index (Phi) is 5.50. The third-order valence-electron chi connectivity index (χ3n) is 3.78. The summed E-state index contributed by atoms with van der Waals surface area (Å²) in [5.41, 5.74) is 4.39. The van der Waals surface area contributed by atoms with Crippen LogP contribution in [0, 0.1) is 0 Å². The molecule has 28 heavy (non-hydrogen) atoms. The summed E-state index contributed by atoms with van der Waals surface area (Å²) < 4.78 is 6.35. The van der Waals surface area contributed by atoms with Crippen LogP contribution < -0.4 is 11.1 Å². The van der Waals surface area contributed by atoms with Crippen molar-refractivity contribution in [2.45, 2.75) is 0 Å². The zero-order valence-electron chi connectivity index (χ0n) is 13.9. The fourth-order valence-corrected chi connectivity index (χ4v) is 3.97. The molecule has 140 valence electrons. The molecule has 4 aromatic rings. The van der Waals surface area contributed by atoms with Crippen LogP contribution in [0.1, 0.15) is 5.56 Å². The minimum absolute atomic E-state index is 0.286. The van der Waals surface area contributed by atoms with E-state index in [1.54, 1.807) is 23.7 Å². The molecule has 0 unspecified atom stereocenters. The lowest BCUT2D eigenvalue weighted by Gasteiger charge is -2.02. The molecule has 1 N–H and O–H groups in total. The zero-order chi connectivity index (χ0) is 19.7. The predicted octanol–water partition coefficient (Wildman–Crippen LogP) is 6.43. The lowest BCUT2D eigenvalue weighted by Crippen LogP contribution is -2.03. The van der Waals surface area contributed by atoms with Crippen LogP contribution in [0.15, 0.2) is 66.6 Å². The third kappa shape index (κ3) is 4.12. The van der Waals surface area contributed by atoms with Crippen molar-refractivity contribution in [1.29, 1.82) is 0 Å². The number of rotatable bonds is 4. The number of anilines is 1. The molecule has 9 heteroatoms. The number of hydrogen-bond donors (Lipinski definition) is 1. The quantitative estimate of drug-likeness (QED) is 0.201. The number of aromatic nitrogens is 1. The van der Waals surface area contributed by atoms with Crippen molar-refractivity contribution in [2.75, 3.05) is 5.43 Å². The Morgan fingerprint density at radius 2 is 1.96 bits per heavy atom. The number of halogens is 3. The van der Waals surface area contributed by atoms with Crippen molar-refractivity contribution in [3.8, 4) is 11.3 Å². The number of hydrazone groups is 1. The van der Waals surface area contributed by atoms with Gasteiger partial charge in [0.05, 0.1) is 22.5 Å². The maximum Gasteiger partial charge on any atom is 0.345 e. The second-order valence-electron chi connectivity index (χ2n) is 5.71. The van der Waals surface area contributed by atoms with E-state index in [1.807, 2.05) is 24.3 Å². The molecule has 0 saturated carbocycles. The SMILES string of the molecule is O=c1oc2c(Cl)cc(Cl)cc2cc1-c1csc(N/N=C/c2ccc(Br)cc2)n1. The number of nitrogens with zero attached hydrogens (tertiary/aromatic N) is 2. The Balaban J connectivity index is 1.59. The minimum atomic E-state index is -0.521. The van der Waals surface area contributed by atoms with Gasteiger partial charge in [-0.1, -0.05) is 51.3 Å². The Morgan fingerprint density at radius 1 is 1.18 bits per heavy atom. The van der Waals surface area contributed by atoms with E-state index in [-0.39, 0.29) is 5.02 Å². The lowest BCUT2D eigenvalue weighted by molar-refractivity contribution is 0.563. The van der Waals surface area contributed by atoms with Gasteiger partial charge >= 0.3 is 5.63 Å². The second kappa shape index (κ2) is 8.05. The van der Waals surface area contributed by atoms with E-state index >= 15 is 0 Å². The van der Waals surface area contributed by atoms with E-state index in [1.165, 1.54) is 17.4 Å². The number of nitrogens with one attached hydrogen (secondary N) is 1. The van der Waals surface area contributed by atoms with Gasteiger partial charge in [-0.2, -0.15) is 5.10 Å². The van der Waals surface area contributed by atoms with E-state index in [4.69, 9.17) is 27.6 Å². The molecule has 0 saturated heterocycles. The molecule has 0 aliphatic carbocycles. The van der Waals surface area contributed by atoms with Crippen LogP contribution in [-0.4, -0.2) is 11.2 Å². The molecular weight excluding hydrogens is 485 g/mol. The smallest absolute Gasteiger partial charge is 0.345 e. The molecule has 0 atom stereocenters. The average molecular weight is 495 g/mol. The average Bonchev–Trinajstić information content (AvgIpc) is 3.12. The highest BCUT2D eigenvalue weighted by Gasteiger charge is 2.13. The van der Waals surface area contributed by atoms with Crippen LogP contribution in [0.25, 0.3) is 22.2 Å². The molecule has 0 radical (unpaired) electrons. The molecule has 0 amide bonds. The van der Waals surface area contributed by atoms with Gasteiger partial charge in [-0.15, -0.1) is 11.3 Å². The predicted molar refractivity (Wildman–Crippen MR) is 119 cm³/mol. The second-order valence-corrected chi connectivity index (χ2v) is 8.33. The maximum absolute atomic E-state index is 12.4. The molecule has 0 spiro atoms. The first-order chi connectivity index (χ1) is 13.5. The van der Waals surface area contributed by atoms with Gasteiger partial charge in [-0.25, -0.2) is 9.78 Å². The lowest BCUT2D eigenvalue weighted by atomic mass is 10.1. The molecule has 0 bridgehead atoms. The van der Waals surface area contributed by atoms with Crippen LogP contribution in [0.2, 0.25) is 10.0 Å². The van der Waals surface area contributed by atoms with Crippen molar-refractivity contribution in [2.24, 2.45) is 5.10 Å². The molecule has 0 aliphatic heterocycles. The number of hydrogen-bond acceptors (Lipinski definition) is 6. The van der Waals surface area contributed by atoms with E-state index < -0.39 is 5.63 Å². The van der Waals surface area contributed by atoms with Crippen LogP contribution in [0.4, 0.5) is 5.13 Å². The van der Waals surface area contributed by atoms with Crippen molar-refractivity contribution >= 4 is 72.8 Å². The van der Waals surface area contributed by atoms with Gasteiger partial charge in [0.1, 0.15) is 0 Å². The minimum Gasteiger partial charge on any atom is -0.421 e. The molecule has 2 aromatic carbocycles. The van der Waals surface area contributed by atoms with Gasteiger partial charge in [0.2, 0.25) is 5.13 Å². The van der Waals surface area contributed by atoms with E-state index in [0.717, 1.165) is 10.0 Å². The summed E-state index contributed by atoms with van der Waals surface area (Å²) in [6.45, 7) is 0. The van der Waals surface area contributed by atoms with Crippen LogP contribution in [-0.2, 0) is 0 Å². The Morgan fingerprint density at radius 3 is 2.75 bits per heavy atom. The fraction of sp³-hybridized carbons (Fsp3) is 0. The molecule has 5 nitrogen and oxygen atoms in total. The van der Waals surface area contributed by atoms with Crippen molar-refractivity contribution < 1.29 is 4.42 Å². The zero-order valence-corrected chi connectivity index (χ0v) is 17.9. The standard InChI is InChI=1S/C19H10BrCl2N3O2S/c20-12-3-1-10(2-4-12)8-23-25-19-24-16(9-28-19)14-6-11-5-13(21)7-15(22)17(11)27-18(14)26/h1-9H,(H,24,25)/b23-8+. The molecule has 4 rings (SSSR count). The van der Waals surface area contributed by atoms with E-state index in [2.05, 4.69) is 31.4 Å². The first-order valence-corrected chi connectivity index (χ1v) is 10.4. The molecule has 0 aliphatic rings.